The van der Waals surface area contributed by atoms with Gasteiger partial charge in [0, 0.05) is 5.69 Å². The van der Waals surface area contributed by atoms with E-state index in [1.165, 1.54) is 13.0 Å². The molecule has 0 saturated heterocycles. The van der Waals surface area contributed by atoms with Crippen molar-refractivity contribution in [3.8, 4) is 0 Å². The topological polar surface area (TPSA) is 100 Å². The van der Waals surface area contributed by atoms with Crippen LogP contribution in [0.25, 0.3) is 0 Å². The molecule has 0 bridgehead atoms. The van der Waals surface area contributed by atoms with E-state index in [2.05, 4.69) is 9.97 Å². The Balaban J connectivity index is 0.000000921. The molecule has 1 heterocycles. The van der Waals surface area contributed by atoms with Crippen LogP contribution in [0.15, 0.2) is 6.07 Å². The van der Waals surface area contributed by atoms with Gasteiger partial charge in [-0.1, -0.05) is 13.8 Å². The minimum atomic E-state index is -1.34. The van der Waals surface area contributed by atoms with E-state index in [4.69, 9.17) is 10.2 Å². The molecule has 15 heavy (non-hydrogen) atoms. The predicted octanol–water partition coefficient (Wildman–Crippen LogP) is 1.21. The Kier molecular flexibility index (Phi) is 4.94. The van der Waals surface area contributed by atoms with Gasteiger partial charge < -0.3 is 10.2 Å². The van der Waals surface area contributed by atoms with Gasteiger partial charge in [0.1, 0.15) is 0 Å². The maximum atomic E-state index is 10.4. The minimum absolute atomic E-state index is 0.310. The summed E-state index contributed by atoms with van der Waals surface area (Å²) in [6.45, 7) is 5.50. The van der Waals surface area contributed by atoms with Gasteiger partial charge in [-0.2, -0.15) is 0 Å². The van der Waals surface area contributed by atoms with Crippen LogP contribution in [-0.4, -0.2) is 32.1 Å². The van der Waals surface area contributed by atoms with Crippen molar-refractivity contribution in [2.75, 3.05) is 0 Å². The van der Waals surface area contributed by atoms with E-state index in [0.717, 1.165) is 0 Å². The van der Waals surface area contributed by atoms with Gasteiger partial charge in [-0.05, 0) is 13.0 Å². The van der Waals surface area contributed by atoms with E-state index in [-0.39, 0.29) is 5.69 Å². The average molecular weight is 212 g/mol. The lowest BCUT2D eigenvalue weighted by molar-refractivity contribution is 0.0679. The monoisotopic (exact) mass is 212 g/mol. The van der Waals surface area contributed by atoms with Crippen molar-refractivity contribution in [2.45, 2.75) is 20.8 Å². The number of aromatic carboxylic acids is 2. The maximum Gasteiger partial charge on any atom is 0.373 e. The normalized spacial score (nSPS) is 8.73. The number of aryl methyl sites for hydroxylation is 1. The number of hydrogen-bond acceptors (Lipinski definition) is 4. The summed E-state index contributed by atoms with van der Waals surface area (Å²) in [7, 11) is 0. The zero-order chi connectivity index (χ0) is 12.0. The standard InChI is InChI=1S/C7H6N2O4.C2H6/c1-3-2-4(6(10)11)9-5(8-3)7(12)13;1-2/h2H,1H3,(H,10,11)(H,12,13);1-2H3. The van der Waals surface area contributed by atoms with Gasteiger partial charge in [0.25, 0.3) is 0 Å². The number of hydrogen-bond donors (Lipinski definition) is 2. The van der Waals surface area contributed by atoms with Gasteiger partial charge in [-0.15, -0.1) is 0 Å². The van der Waals surface area contributed by atoms with E-state index in [1.807, 2.05) is 13.8 Å². The van der Waals surface area contributed by atoms with Crippen LogP contribution in [0.3, 0.4) is 0 Å². The van der Waals surface area contributed by atoms with Gasteiger partial charge >= 0.3 is 11.9 Å². The predicted molar refractivity (Wildman–Crippen MR) is 52.0 cm³/mol. The molecule has 2 N–H and O–H groups in total. The molecule has 0 amide bonds. The summed E-state index contributed by atoms with van der Waals surface area (Å²) in [4.78, 5) is 27.7. The first-order valence-electron chi connectivity index (χ1n) is 4.33. The average Bonchev–Trinajstić information content (AvgIpc) is 2.19. The number of carboxylic acid groups (broad SMARTS) is 2. The summed E-state index contributed by atoms with van der Waals surface area (Å²) in [6, 6.07) is 1.20. The Hall–Kier alpha value is -1.98. The van der Waals surface area contributed by atoms with E-state index in [0.29, 0.717) is 5.69 Å². The van der Waals surface area contributed by atoms with Crippen molar-refractivity contribution in [1.82, 2.24) is 9.97 Å². The molecule has 0 aliphatic rings. The molecule has 0 aliphatic heterocycles. The fraction of sp³-hybridized carbons (Fsp3) is 0.333. The fourth-order valence-electron chi connectivity index (χ4n) is 0.774. The highest BCUT2D eigenvalue weighted by Gasteiger charge is 2.12. The quantitative estimate of drug-likeness (QED) is 0.764. The zero-order valence-electron chi connectivity index (χ0n) is 8.68. The molecule has 0 radical (unpaired) electrons. The smallest absolute Gasteiger partial charge is 0.373 e. The number of nitrogens with zero attached hydrogens (tertiary/aromatic N) is 2. The zero-order valence-corrected chi connectivity index (χ0v) is 8.68. The molecule has 1 aromatic heterocycles. The third kappa shape index (κ3) is 3.72. The van der Waals surface area contributed by atoms with Crippen molar-refractivity contribution in [3.63, 3.8) is 0 Å². The molecule has 1 rings (SSSR count). The number of rotatable bonds is 2. The molecule has 1 aromatic rings. The van der Waals surface area contributed by atoms with Crippen LogP contribution in [0.4, 0.5) is 0 Å². The second-order valence-corrected chi connectivity index (χ2v) is 2.33. The van der Waals surface area contributed by atoms with Crippen LogP contribution in [0.2, 0.25) is 0 Å². The van der Waals surface area contributed by atoms with Crippen LogP contribution >= 0.6 is 0 Å². The Morgan fingerprint density at radius 1 is 1.13 bits per heavy atom. The first kappa shape index (κ1) is 13.0. The van der Waals surface area contributed by atoms with Gasteiger partial charge in [-0.25, -0.2) is 19.6 Å². The Morgan fingerprint density at radius 3 is 2.07 bits per heavy atom. The number of aromatic nitrogens is 2. The van der Waals surface area contributed by atoms with Gasteiger partial charge in [0.2, 0.25) is 5.82 Å². The van der Waals surface area contributed by atoms with E-state index in [9.17, 15) is 9.59 Å². The molecule has 0 aromatic carbocycles. The summed E-state index contributed by atoms with van der Waals surface area (Å²) in [6.07, 6.45) is 0. The highest BCUT2D eigenvalue weighted by atomic mass is 16.4. The Bertz CT molecular complexity index is 344. The van der Waals surface area contributed by atoms with Crippen molar-refractivity contribution >= 4 is 11.9 Å². The molecule has 82 valence electrons. The number of carbonyl (C=O) groups is 2. The number of carboxylic acids is 2. The van der Waals surface area contributed by atoms with Crippen LogP contribution in [-0.2, 0) is 0 Å². The lowest BCUT2D eigenvalue weighted by Gasteiger charge is -1.97. The molecule has 0 fully saturated rings. The highest BCUT2D eigenvalue weighted by molar-refractivity contribution is 5.88. The molecular formula is C9H12N2O4. The van der Waals surface area contributed by atoms with Crippen molar-refractivity contribution < 1.29 is 19.8 Å². The van der Waals surface area contributed by atoms with Crippen LogP contribution in [0.1, 0.15) is 40.6 Å². The first-order valence-corrected chi connectivity index (χ1v) is 4.33. The fourth-order valence-corrected chi connectivity index (χ4v) is 0.774. The summed E-state index contributed by atoms with van der Waals surface area (Å²) in [5, 5.41) is 17.0. The SMILES string of the molecule is CC.Cc1cc(C(=O)O)nc(C(=O)O)n1. The molecule has 0 unspecified atom stereocenters. The van der Waals surface area contributed by atoms with Crippen LogP contribution in [0, 0.1) is 6.92 Å². The molecule has 6 heteroatoms. The van der Waals surface area contributed by atoms with Gasteiger partial charge in [0.15, 0.2) is 5.69 Å². The minimum Gasteiger partial charge on any atom is -0.477 e. The maximum absolute atomic E-state index is 10.4. The van der Waals surface area contributed by atoms with E-state index >= 15 is 0 Å². The first-order chi connectivity index (χ1) is 7.00. The Labute approximate surface area is 86.6 Å². The summed E-state index contributed by atoms with van der Waals surface area (Å²) < 4.78 is 0. The van der Waals surface area contributed by atoms with Crippen molar-refractivity contribution in [2.24, 2.45) is 0 Å². The second kappa shape index (κ2) is 5.69. The Morgan fingerprint density at radius 2 is 1.67 bits per heavy atom. The molecule has 0 spiro atoms. The van der Waals surface area contributed by atoms with Gasteiger partial charge in [-0.3, -0.25) is 0 Å². The van der Waals surface area contributed by atoms with Crippen molar-refractivity contribution in [3.05, 3.63) is 23.3 Å². The molecule has 6 nitrogen and oxygen atoms in total. The molecular weight excluding hydrogens is 200 g/mol. The largest absolute Gasteiger partial charge is 0.477 e. The summed E-state index contributed by atoms with van der Waals surface area (Å²) in [5.41, 5.74) is -0.00491. The van der Waals surface area contributed by atoms with E-state index < -0.39 is 17.8 Å². The third-order valence-electron chi connectivity index (χ3n) is 1.26. The van der Waals surface area contributed by atoms with Crippen LogP contribution < -0.4 is 0 Å². The highest BCUT2D eigenvalue weighted by Crippen LogP contribution is 2.00. The molecule has 0 aliphatic carbocycles. The van der Waals surface area contributed by atoms with E-state index in [1.54, 1.807) is 0 Å². The molecule has 0 atom stereocenters. The lowest BCUT2D eigenvalue weighted by Crippen LogP contribution is -2.10. The summed E-state index contributed by atoms with van der Waals surface area (Å²) in [5.74, 6) is -3.11. The van der Waals surface area contributed by atoms with Gasteiger partial charge in [0.05, 0.1) is 0 Å². The van der Waals surface area contributed by atoms with Crippen molar-refractivity contribution in [1.29, 1.82) is 0 Å². The summed E-state index contributed by atoms with van der Waals surface area (Å²) >= 11 is 0. The van der Waals surface area contributed by atoms with Crippen LogP contribution in [0.5, 0.6) is 0 Å². The lowest BCUT2D eigenvalue weighted by atomic mass is 10.3. The molecule has 0 saturated carbocycles. The third-order valence-corrected chi connectivity index (χ3v) is 1.26. The second-order valence-electron chi connectivity index (χ2n) is 2.33.